The van der Waals surface area contributed by atoms with Crippen molar-refractivity contribution in [1.29, 1.82) is 0 Å². The number of rotatable bonds is 9. The molecule has 0 amide bonds. The molecule has 0 spiro atoms. The van der Waals surface area contributed by atoms with E-state index in [1.807, 2.05) is 0 Å². The summed E-state index contributed by atoms with van der Waals surface area (Å²) in [4.78, 5) is 30.2. The Morgan fingerprint density at radius 2 is 1.68 bits per heavy atom. The van der Waals surface area contributed by atoms with Crippen LogP contribution in [0.1, 0.15) is 46.5 Å². The lowest BCUT2D eigenvalue weighted by Crippen LogP contribution is -2.12. The second-order valence-corrected chi connectivity index (χ2v) is 5.06. The third-order valence-corrected chi connectivity index (χ3v) is 2.88. The van der Waals surface area contributed by atoms with E-state index in [4.69, 9.17) is 9.84 Å². The number of esters is 2. The van der Waals surface area contributed by atoms with Crippen LogP contribution in [0.4, 0.5) is 0 Å². The number of methoxy groups -OCH3 is 1. The number of ether oxygens (including phenoxy) is 2. The summed E-state index contributed by atoms with van der Waals surface area (Å²) in [6.45, 7) is 16.1. The lowest BCUT2D eigenvalue weighted by molar-refractivity contribution is -0.139. The Morgan fingerprint density at radius 1 is 1.16 bits per heavy atom. The minimum absolute atomic E-state index is 0.310. The van der Waals surface area contributed by atoms with Crippen molar-refractivity contribution < 1.29 is 29.0 Å². The number of hydrogen-bond donors (Lipinski definition) is 1. The van der Waals surface area contributed by atoms with Crippen molar-refractivity contribution >= 4 is 17.9 Å². The molecular weight excluding hydrogens is 324 g/mol. The van der Waals surface area contributed by atoms with Crippen LogP contribution in [0, 0.1) is 5.92 Å². The molecule has 0 aromatic heterocycles. The lowest BCUT2D eigenvalue weighted by Gasteiger charge is -2.13. The van der Waals surface area contributed by atoms with Gasteiger partial charge in [0.2, 0.25) is 0 Å². The molecule has 6 nitrogen and oxygen atoms in total. The van der Waals surface area contributed by atoms with E-state index in [1.54, 1.807) is 6.92 Å². The summed E-state index contributed by atoms with van der Waals surface area (Å²) in [6.07, 6.45) is 6.68. The SMILES string of the molecule is C=C(C)C(=O)OC.C=CC(=O)O.C=CC(=O)OCC(CC)CCCC. The van der Waals surface area contributed by atoms with Crippen LogP contribution >= 0.6 is 0 Å². The van der Waals surface area contributed by atoms with Gasteiger partial charge in [-0.1, -0.05) is 52.8 Å². The Morgan fingerprint density at radius 3 is 1.92 bits per heavy atom. The number of unbranched alkanes of at least 4 members (excludes halogenated alkanes) is 1. The molecule has 0 aromatic rings. The van der Waals surface area contributed by atoms with Gasteiger partial charge in [0.15, 0.2) is 0 Å². The van der Waals surface area contributed by atoms with Gasteiger partial charge in [0.25, 0.3) is 0 Å². The van der Waals surface area contributed by atoms with E-state index < -0.39 is 5.97 Å². The Kier molecular flexibility index (Phi) is 21.6. The Hall–Kier alpha value is -2.37. The fourth-order valence-corrected chi connectivity index (χ4v) is 1.33. The normalized spacial score (nSPS) is 9.76. The minimum atomic E-state index is -0.981. The maximum absolute atomic E-state index is 10.8. The van der Waals surface area contributed by atoms with Gasteiger partial charge >= 0.3 is 17.9 Å². The van der Waals surface area contributed by atoms with Crippen LogP contribution in [0.2, 0.25) is 0 Å². The standard InChI is InChI=1S/C11H20O2.C5H8O2.C3H4O2/c1-4-7-8-10(5-2)9-13-11(12)6-3;1-4(2)5(6)7-3;1-2-3(4)5/h6,10H,3-5,7-9H2,1-2H3;1H2,2-3H3;2H,1H2,(H,4,5). The zero-order valence-corrected chi connectivity index (χ0v) is 15.9. The molecule has 1 unspecified atom stereocenters. The van der Waals surface area contributed by atoms with Crippen molar-refractivity contribution in [3.05, 3.63) is 37.5 Å². The van der Waals surface area contributed by atoms with Crippen LogP contribution < -0.4 is 0 Å². The number of aliphatic carboxylic acids is 1. The first kappa shape index (κ1) is 27.5. The van der Waals surface area contributed by atoms with Gasteiger partial charge in [-0.05, 0) is 19.3 Å². The molecular formula is C19H32O6. The molecule has 6 heteroatoms. The van der Waals surface area contributed by atoms with Crippen molar-refractivity contribution in [3.8, 4) is 0 Å². The maximum Gasteiger partial charge on any atom is 0.332 e. The quantitative estimate of drug-likeness (QED) is 0.497. The highest BCUT2D eigenvalue weighted by Crippen LogP contribution is 2.12. The summed E-state index contributed by atoms with van der Waals surface area (Å²) in [5.74, 6) is -1.12. The van der Waals surface area contributed by atoms with Crippen LogP contribution in [0.5, 0.6) is 0 Å². The van der Waals surface area contributed by atoms with Crippen molar-refractivity contribution in [2.45, 2.75) is 46.5 Å². The first-order valence-electron chi connectivity index (χ1n) is 8.08. The van der Waals surface area contributed by atoms with Gasteiger partial charge in [-0.3, -0.25) is 0 Å². The van der Waals surface area contributed by atoms with Crippen molar-refractivity contribution in [2.24, 2.45) is 5.92 Å². The highest BCUT2D eigenvalue weighted by molar-refractivity contribution is 5.86. The molecule has 1 N–H and O–H groups in total. The lowest BCUT2D eigenvalue weighted by atomic mass is 10.0. The Balaban J connectivity index is -0.000000337. The molecule has 0 rings (SSSR count). The zero-order chi connectivity index (χ0) is 20.3. The fraction of sp³-hybridized carbons (Fsp3) is 0.526. The Labute approximate surface area is 151 Å². The molecule has 0 aliphatic heterocycles. The highest BCUT2D eigenvalue weighted by Gasteiger charge is 2.07. The van der Waals surface area contributed by atoms with Crippen molar-refractivity contribution in [2.75, 3.05) is 13.7 Å². The minimum Gasteiger partial charge on any atom is -0.478 e. The highest BCUT2D eigenvalue weighted by atomic mass is 16.5. The molecule has 0 saturated carbocycles. The van der Waals surface area contributed by atoms with Crippen LogP contribution in [0.25, 0.3) is 0 Å². The summed E-state index contributed by atoms with van der Waals surface area (Å²) in [6, 6.07) is 0. The van der Waals surface area contributed by atoms with Crippen LogP contribution in [-0.2, 0) is 23.9 Å². The van der Waals surface area contributed by atoms with Gasteiger partial charge in [0.05, 0.1) is 13.7 Å². The van der Waals surface area contributed by atoms with E-state index in [9.17, 15) is 14.4 Å². The van der Waals surface area contributed by atoms with Gasteiger partial charge < -0.3 is 14.6 Å². The van der Waals surface area contributed by atoms with Crippen molar-refractivity contribution in [1.82, 2.24) is 0 Å². The zero-order valence-electron chi connectivity index (χ0n) is 15.9. The number of carboxylic acid groups (broad SMARTS) is 1. The monoisotopic (exact) mass is 356 g/mol. The van der Waals surface area contributed by atoms with Crippen LogP contribution in [0.3, 0.4) is 0 Å². The molecule has 0 aliphatic rings. The van der Waals surface area contributed by atoms with E-state index >= 15 is 0 Å². The molecule has 0 aromatic carbocycles. The summed E-state index contributed by atoms with van der Waals surface area (Å²) in [7, 11) is 1.33. The average molecular weight is 356 g/mol. The molecule has 0 bridgehead atoms. The van der Waals surface area contributed by atoms with E-state index in [2.05, 4.69) is 38.3 Å². The summed E-state index contributed by atoms with van der Waals surface area (Å²) in [5, 5.41) is 7.60. The smallest absolute Gasteiger partial charge is 0.332 e. The van der Waals surface area contributed by atoms with E-state index in [-0.39, 0.29) is 11.9 Å². The predicted molar refractivity (Wildman–Crippen MR) is 99.1 cm³/mol. The maximum atomic E-state index is 10.8. The molecule has 0 aliphatic carbocycles. The van der Waals surface area contributed by atoms with Crippen molar-refractivity contribution in [3.63, 3.8) is 0 Å². The molecule has 0 radical (unpaired) electrons. The third-order valence-electron chi connectivity index (χ3n) is 2.88. The second-order valence-electron chi connectivity index (χ2n) is 5.06. The number of carboxylic acids is 1. The van der Waals surface area contributed by atoms with E-state index in [0.717, 1.165) is 18.9 Å². The Bertz CT molecular complexity index is 426. The van der Waals surface area contributed by atoms with Gasteiger partial charge in [0, 0.05) is 17.7 Å². The average Bonchev–Trinajstić information content (AvgIpc) is 2.61. The molecule has 25 heavy (non-hydrogen) atoms. The van der Waals surface area contributed by atoms with E-state index in [1.165, 1.54) is 26.0 Å². The fourth-order valence-electron chi connectivity index (χ4n) is 1.33. The molecule has 0 fully saturated rings. The van der Waals surface area contributed by atoms with Crippen LogP contribution in [-0.4, -0.2) is 36.7 Å². The molecule has 0 heterocycles. The van der Waals surface area contributed by atoms with E-state index in [0.29, 0.717) is 18.1 Å². The van der Waals surface area contributed by atoms with Gasteiger partial charge in [0.1, 0.15) is 0 Å². The van der Waals surface area contributed by atoms with Gasteiger partial charge in [-0.25, -0.2) is 14.4 Å². The number of carbonyl (C=O) groups excluding carboxylic acids is 2. The topological polar surface area (TPSA) is 89.9 Å². The predicted octanol–water partition coefficient (Wildman–Crippen LogP) is 3.92. The number of carbonyl (C=O) groups is 3. The molecule has 144 valence electrons. The first-order chi connectivity index (χ1) is 11.7. The van der Waals surface area contributed by atoms with Gasteiger partial charge in [-0.15, -0.1) is 0 Å². The largest absolute Gasteiger partial charge is 0.478 e. The second kappa shape index (κ2) is 19.7. The summed E-state index contributed by atoms with van der Waals surface area (Å²) in [5.41, 5.74) is 0.433. The molecule has 0 saturated heterocycles. The number of hydrogen-bond acceptors (Lipinski definition) is 5. The van der Waals surface area contributed by atoms with Crippen LogP contribution in [0.15, 0.2) is 37.5 Å². The summed E-state index contributed by atoms with van der Waals surface area (Å²) >= 11 is 0. The third kappa shape index (κ3) is 24.0. The van der Waals surface area contributed by atoms with Gasteiger partial charge in [-0.2, -0.15) is 0 Å². The molecule has 1 atom stereocenters. The first-order valence-corrected chi connectivity index (χ1v) is 8.08. The summed E-state index contributed by atoms with van der Waals surface area (Å²) < 4.78 is 9.26.